The first-order chi connectivity index (χ1) is 13.1. The first kappa shape index (κ1) is 18.2. The smallest absolute Gasteiger partial charge is 0.262 e. The Hall–Kier alpha value is -3.65. The Labute approximate surface area is 158 Å². The molecule has 5 heteroatoms. The molecule has 0 saturated carbocycles. The van der Waals surface area contributed by atoms with Crippen LogP contribution in [0.15, 0.2) is 66.4 Å². The molecule has 3 aromatic rings. The molecule has 1 amide bonds. The summed E-state index contributed by atoms with van der Waals surface area (Å²) in [7, 11) is 0. The van der Waals surface area contributed by atoms with Crippen molar-refractivity contribution in [3.63, 3.8) is 0 Å². The molecule has 5 nitrogen and oxygen atoms in total. The van der Waals surface area contributed by atoms with Crippen LogP contribution in [-0.4, -0.2) is 16.1 Å². The third-order valence-corrected chi connectivity index (χ3v) is 4.32. The van der Waals surface area contributed by atoms with Crippen LogP contribution >= 0.6 is 0 Å². The van der Waals surface area contributed by atoms with Crippen molar-refractivity contribution in [3.05, 3.63) is 83.1 Å². The number of benzene rings is 2. The second-order valence-electron chi connectivity index (χ2n) is 6.34. The van der Waals surface area contributed by atoms with Gasteiger partial charge in [-0.2, -0.15) is 10.4 Å². The molecular weight excluding hydrogens is 336 g/mol. The Morgan fingerprint density at radius 1 is 1.19 bits per heavy atom. The number of nitrogens with one attached hydrogen (secondary N) is 2. The molecule has 0 radical (unpaired) electrons. The standard InChI is InChI=1S/C22H20N4O/c1-15-8-10-18(11-9-15)21-20(14-24-26-21)12-19(13-23)22(27)25-16(2)17-6-4-3-5-7-17/h3-12,14,16H,1-2H3,(H,24,26)(H,25,27). The lowest BCUT2D eigenvalue weighted by Gasteiger charge is -2.13. The minimum Gasteiger partial charge on any atom is -0.345 e. The summed E-state index contributed by atoms with van der Waals surface area (Å²) in [6, 6.07) is 19.4. The Balaban J connectivity index is 1.83. The van der Waals surface area contributed by atoms with E-state index in [4.69, 9.17) is 0 Å². The molecule has 1 atom stereocenters. The second kappa shape index (κ2) is 8.15. The highest BCUT2D eigenvalue weighted by Crippen LogP contribution is 2.23. The monoisotopic (exact) mass is 356 g/mol. The van der Waals surface area contributed by atoms with E-state index in [1.165, 1.54) is 0 Å². The zero-order valence-electron chi connectivity index (χ0n) is 15.2. The van der Waals surface area contributed by atoms with Crippen molar-refractivity contribution in [1.29, 1.82) is 5.26 Å². The van der Waals surface area contributed by atoms with Crippen LogP contribution in [0.25, 0.3) is 17.3 Å². The van der Waals surface area contributed by atoms with Gasteiger partial charge in [0.2, 0.25) is 0 Å². The number of carbonyl (C=O) groups excluding carboxylic acids is 1. The topological polar surface area (TPSA) is 81.6 Å². The minimum absolute atomic E-state index is 0.0348. The number of rotatable bonds is 5. The van der Waals surface area contributed by atoms with E-state index in [0.717, 1.165) is 22.4 Å². The maximum atomic E-state index is 12.5. The molecule has 2 N–H and O–H groups in total. The number of aryl methyl sites for hydroxylation is 1. The molecule has 2 aromatic carbocycles. The van der Waals surface area contributed by atoms with E-state index in [9.17, 15) is 10.1 Å². The summed E-state index contributed by atoms with van der Waals surface area (Å²) in [4.78, 5) is 12.5. The number of nitriles is 1. The van der Waals surface area contributed by atoms with E-state index in [0.29, 0.717) is 5.56 Å². The first-order valence-corrected chi connectivity index (χ1v) is 8.66. The van der Waals surface area contributed by atoms with Gasteiger partial charge in [0, 0.05) is 11.1 Å². The van der Waals surface area contributed by atoms with Crippen molar-refractivity contribution in [2.45, 2.75) is 19.9 Å². The summed E-state index contributed by atoms with van der Waals surface area (Å²) in [6.45, 7) is 3.90. The summed E-state index contributed by atoms with van der Waals surface area (Å²) in [5.74, 6) is -0.412. The summed E-state index contributed by atoms with van der Waals surface area (Å²) >= 11 is 0. The molecular formula is C22H20N4O. The number of hydrogen-bond donors (Lipinski definition) is 2. The van der Waals surface area contributed by atoms with E-state index in [2.05, 4.69) is 15.5 Å². The third kappa shape index (κ3) is 4.31. The third-order valence-electron chi connectivity index (χ3n) is 4.32. The van der Waals surface area contributed by atoms with Crippen molar-refractivity contribution in [1.82, 2.24) is 15.5 Å². The number of H-pyrrole nitrogens is 1. The molecule has 0 saturated heterocycles. The molecule has 0 aliphatic carbocycles. The van der Waals surface area contributed by atoms with Gasteiger partial charge in [0.25, 0.3) is 5.91 Å². The number of amides is 1. The van der Waals surface area contributed by atoms with Crippen LogP contribution in [0.5, 0.6) is 0 Å². The fourth-order valence-electron chi connectivity index (χ4n) is 2.76. The Bertz CT molecular complexity index is 995. The minimum atomic E-state index is -0.412. The van der Waals surface area contributed by atoms with Crippen LogP contribution in [0.2, 0.25) is 0 Å². The van der Waals surface area contributed by atoms with E-state index in [-0.39, 0.29) is 11.6 Å². The van der Waals surface area contributed by atoms with Crippen LogP contribution in [-0.2, 0) is 4.79 Å². The largest absolute Gasteiger partial charge is 0.345 e. The van der Waals surface area contributed by atoms with E-state index >= 15 is 0 Å². The first-order valence-electron chi connectivity index (χ1n) is 8.66. The highest BCUT2D eigenvalue weighted by atomic mass is 16.1. The molecule has 0 aliphatic heterocycles. The molecule has 134 valence electrons. The number of aromatic amines is 1. The van der Waals surface area contributed by atoms with Gasteiger partial charge in [0.05, 0.1) is 17.9 Å². The van der Waals surface area contributed by atoms with Gasteiger partial charge in [0.1, 0.15) is 11.6 Å². The number of carbonyl (C=O) groups is 1. The lowest BCUT2D eigenvalue weighted by atomic mass is 10.0. The van der Waals surface area contributed by atoms with Gasteiger partial charge in [-0.15, -0.1) is 0 Å². The highest BCUT2D eigenvalue weighted by molar-refractivity contribution is 6.02. The number of hydrogen-bond acceptors (Lipinski definition) is 3. The van der Waals surface area contributed by atoms with Crippen molar-refractivity contribution in [2.24, 2.45) is 0 Å². The Morgan fingerprint density at radius 3 is 2.56 bits per heavy atom. The van der Waals surface area contributed by atoms with Gasteiger partial charge < -0.3 is 5.32 Å². The Kier molecular flexibility index (Phi) is 5.48. The molecule has 1 heterocycles. The average Bonchev–Trinajstić information content (AvgIpc) is 3.15. The number of aromatic nitrogens is 2. The van der Waals surface area contributed by atoms with Crippen molar-refractivity contribution < 1.29 is 4.79 Å². The number of nitrogens with zero attached hydrogens (tertiary/aromatic N) is 2. The van der Waals surface area contributed by atoms with Crippen molar-refractivity contribution in [2.75, 3.05) is 0 Å². The van der Waals surface area contributed by atoms with Gasteiger partial charge >= 0.3 is 0 Å². The maximum absolute atomic E-state index is 12.5. The molecule has 0 bridgehead atoms. The van der Waals surface area contributed by atoms with Crippen LogP contribution in [0.1, 0.15) is 29.7 Å². The SMILES string of the molecule is Cc1ccc(-c2[nH]ncc2C=C(C#N)C(=O)NC(C)c2ccccc2)cc1. The quantitative estimate of drug-likeness (QED) is 0.532. The van der Waals surface area contributed by atoms with Gasteiger partial charge in [-0.1, -0.05) is 60.2 Å². The van der Waals surface area contributed by atoms with Crippen LogP contribution in [0.3, 0.4) is 0 Å². The lowest BCUT2D eigenvalue weighted by molar-refractivity contribution is -0.117. The normalized spacial score (nSPS) is 12.3. The van der Waals surface area contributed by atoms with E-state index in [1.54, 1.807) is 12.3 Å². The van der Waals surface area contributed by atoms with Crippen molar-refractivity contribution in [3.8, 4) is 17.3 Å². The second-order valence-corrected chi connectivity index (χ2v) is 6.34. The van der Waals surface area contributed by atoms with Crippen LogP contribution in [0.4, 0.5) is 0 Å². The zero-order chi connectivity index (χ0) is 19.2. The summed E-state index contributed by atoms with van der Waals surface area (Å²) in [6.07, 6.45) is 3.17. The molecule has 0 fully saturated rings. The Morgan fingerprint density at radius 2 is 1.89 bits per heavy atom. The van der Waals surface area contributed by atoms with Crippen LogP contribution < -0.4 is 5.32 Å². The van der Waals surface area contributed by atoms with Crippen LogP contribution in [0, 0.1) is 18.3 Å². The lowest BCUT2D eigenvalue weighted by Crippen LogP contribution is -2.27. The van der Waals surface area contributed by atoms with Crippen molar-refractivity contribution >= 4 is 12.0 Å². The predicted molar refractivity (Wildman–Crippen MR) is 105 cm³/mol. The average molecular weight is 356 g/mol. The molecule has 1 aromatic heterocycles. The fourth-order valence-corrected chi connectivity index (χ4v) is 2.76. The molecule has 0 aliphatic rings. The zero-order valence-corrected chi connectivity index (χ0v) is 15.2. The fraction of sp³-hybridized carbons (Fsp3) is 0.136. The highest BCUT2D eigenvalue weighted by Gasteiger charge is 2.15. The van der Waals surface area contributed by atoms with Gasteiger partial charge in [-0.3, -0.25) is 9.89 Å². The van der Waals surface area contributed by atoms with Gasteiger partial charge in [-0.05, 0) is 25.5 Å². The summed E-state index contributed by atoms with van der Waals surface area (Å²) < 4.78 is 0. The molecule has 1 unspecified atom stereocenters. The molecule has 0 spiro atoms. The van der Waals surface area contributed by atoms with Gasteiger partial charge in [0.15, 0.2) is 0 Å². The maximum Gasteiger partial charge on any atom is 0.262 e. The van der Waals surface area contributed by atoms with E-state index < -0.39 is 5.91 Å². The van der Waals surface area contributed by atoms with E-state index in [1.807, 2.05) is 74.5 Å². The molecule has 27 heavy (non-hydrogen) atoms. The summed E-state index contributed by atoms with van der Waals surface area (Å²) in [5.41, 5.74) is 4.57. The molecule has 3 rings (SSSR count). The predicted octanol–water partition coefficient (Wildman–Crippen LogP) is 4.17. The van der Waals surface area contributed by atoms with Gasteiger partial charge in [-0.25, -0.2) is 0 Å². The summed E-state index contributed by atoms with van der Waals surface area (Å²) in [5, 5.41) is 19.3.